The first-order valence-corrected chi connectivity index (χ1v) is 10.0. The number of fused-ring (bicyclic) bond motifs is 4. The number of hydrogen-bond donors (Lipinski definition) is 1. The summed E-state index contributed by atoms with van der Waals surface area (Å²) in [6.45, 7) is 0.308. The van der Waals surface area contributed by atoms with E-state index in [-0.39, 0.29) is 18.2 Å². The lowest BCUT2D eigenvalue weighted by Gasteiger charge is -2.29. The monoisotopic (exact) mass is 412 g/mol. The first-order valence-electron chi connectivity index (χ1n) is 10.0. The third-order valence-electron chi connectivity index (χ3n) is 5.95. The van der Waals surface area contributed by atoms with Crippen LogP contribution < -0.4 is 5.32 Å². The van der Waals surface area contributed by atoms with Gasteiger partial charge >= 0.3 is 0 Å². The molecule has 1 N–H and O–H groups in total. The maximum absolute atomic E-state index is 12.9. The van der Waals surface area contributed by atoms with E-state index in [4.69, 9.17) is 4.42 Å². The van der Waals surface area contributed by atoms with Crippen molar-refractivity contribution in [2.24, 2.45) is 0 Å². The Morgan fingerprint density at radius 3 is 2.81 bits per heavy atom. The lowest BCUT2D eigenvalue weighted by molar-refractivity contribution is -0.136. The predicted molar refractivity (Wildman–Crippen MR) is 111 cm³/mol. The van der Waals surface area contributed by atoms with Gasteiger partial charge in [0.1, 0.15) is 29.2 Å². The third-order valence-corrected chi connectivity index (χ3v) is 5.95. The number of piperidine rings is 1. The van der Waals surface area contributed by atoms with Crippen molar-refractivity contribution in [2.45, 2.75) is 25.4 Å². The average Bonchev–Trinajstić information content (AvgIpc) is 3.31. The molecule has 0 saturated carbocycles. The molecule has 152 valence electrons. The molecule has 31 heavy (non-hydrogen) atoms. The molecule has 2 aromatic heterocycles. The molecule has 1 saturated heterocycles. The van der Waals surface area contributed by atoms with Gasteiger partial charge in [0.15, 0.2) is 5.58 Å². The molecule has 2 aromatic carbocycles. The summed E-state index contributed by atoms with van der Waals surface area (Å²) in [6, 6.07) is 12.6. The van der Waals surface area contributed by atoms with E-state index >= 15 is 0 Å². The zero-order chi connectivity index (χ0) is 21.1. The highest BCUT2D eigenvalue weighted by molar-refractivity contribution is 6.07. The molecule has 0 radical (unpaired) electrons. The highest BCUT2D eigenvalue weighted by atomic mass is 16.3. The largest absolute Gasteiger partial charge is 0.452 e. The van der Waals surface area contributed by atoms with Gasteiger partial charge in [0.25, 0.3) is 5.91 Å². The van der Waals surface area contributed by atoms with Crippen molar-refractivity contribution in [1.29, 1.82) is 0 Å². The molecule has 4 heterocycles. The number of nitrogens with zero attached hydrogens (tertiary/aromatic N) is 3. The molecule has 0 aliphatic carbocycles. The second kappa shape index (κ2) is 6.46. The van der Waals surface area contributed by atoms with Crippen molar-refractivity contribution in [2.75, 3.05) is 0 Å². The van der Waals surface area contributed by atoms with Crippen LogP contribution in [0.25, 0.3) is 33.3 Å². The lowest BCUT2D eigenvalue weighted by atomic mass is 10.0. The van der Waals surface area contributed by atoms with Crippen LogP contribution in [0.3, 0.4) is 0 Å². The Labute approximate surface area is 175 Å². The van der Waals surface area contributed by atoms with Gasteiger partial charge in [-0.25, -0.2) is 9.97 Å². The number of imide groups is 1. The Kier molecular flexibility index (Phi) is 3.70. The minimum absolute atomic E-state index is 0.201. The minimum Gasteiger partial charge on any atom is -0.452 e. The summed E-state index contributed by atoms with van der Waals surface area (Å²) in [7, 11) is 0. The summed E-state index contributed by atoms with van der Waals surface area (Å²) in [5, 5.41) is 3.24. The summed E-state index contributed by atoms with van der Waals surface area (Å²) in [5.41, 5.74) is 4.90. The van der Waals surface area contributed by atoms with Crippen molar-refractivity contribution < 1.29 is 18.8 Å². The summed E-state index contributed by atoms with van der Waals surface area (Å²) in [6.07, 6.45) is 2.07. The molecule has 4 aromatic rings. The van der Waals surface area contributed by atoms with E-state index in [9.17, 15) is 14.4 Å². The van der Waals surface area contributed by atoms with Crippen LogP contribution in [0.5, 0.6) is 0 Å². The molecule has 2 aliphatic rings. The fourth-order valence-corrected chi connectivity index (χ4v) is 4.45. The van der Waals surface area contributed by atoms with Gasteiger partial charge in [-0.15, -0.1) is 0 Å². The first-order chi connectivity index (χ1) is 15.1. The second-order valence-corrected chi connectivity index (χ2v) is 7.77. The Morgan fingerprint density at radius 1 is 1.06 bits per heavy atom. The van der Waals surface area contributed by atoms with E-state index < -0.39 is 11.9 Å². The van der Waals surface area contributed by atoms with Crippen molar-refractivity contribution in [3.05, 3.63) is 59.9 Å². The summed E-state index contributed by atoms with van der Waals surface area (Å²) in [5.74, 6) is -0.920. The number of carbonyl (C=O) groups excluding carboxylic acids is 3. The molecule has 8 nitrogen and oxygen atoms in total. The highest BCUT2D eigenvalue weighted by Gasteiger charge is 2.39. The molecule has 0 spiro atoms. The highest BCUT2D eigenvalue weighted by Crippen LogP contribution is 2.35. The number of benzene rings is 2. The number of carbonyl (C=O) groups is 3. The molecule has 2 aliphatic heterocycles. The van der Waals surface area contributed by atoms with Crippen LogP contribution in [0.1, 0.15) is 28.8 Å². The second-order valence-electron chi connectivity index (χ2n) is 7.77. The average molecular weight is 412 g/mol. The van der Waals surface area contributed by atoms with Crippen LogP contribution in [-0.4, -0.2) is 38.6 Å². The van der Waals surface area contributed by atoms with Crippen LogP contribution in [0.2, 0.25) is 0 Å². The Balaban J connectivity index is 1.40. The van der Waals surface area contributed by atoms with Crippen molar-refractivity contribution in [1.82, 2.24) is 20.2 Å². The smallest absolute Gasteiger partial charge is 0.255 e. The molecule has 1 fully saturated rings. The zero-order valence-corrected chi connectivity index (χ0v) is 16.3. The van der Waals surface area contributed by atoms with Gasteiger partial charge in [-0.1, -0.05) is 18.2 Å². The Bertz CT molecular complexity index is 1420. The van der Waals surface area contributed by atoms with Crippen molar-refractivity contribution in [3.63, 3.8) is 0 Å². The predicted octanol–water partition coefficient (Wildman–Crippen LogP) is 2.80. The zero-order valence-electron chi connectivity index (χ0n) is 16.3. The topological polar surface area (TPSA) is 105 Å². The van der Waals surface area contributed by atoms with Crippen LogP contribution >= 0.6 is 0 Å². The standard InChI is InChI=1S/C23H16N4O4/c28-18-8-7-16(22(29)26-18)27-10-13-9-12(5-6-14(13)23(27)30)19-21-20(25-11-24-19)15-3-1-2-4-17(15)31-21/h1-6,9,11,16H,7-8,10H2,(H,26,28,29). The Morgan fingerprint density at radius 2 is 1.94 bits per heavy atom. The molecule has 1 unspecified atom stereocenters. The van der Waals surface area contributed by atoms with Crippen LogP contribution in [0, 0.1) is 0 Å². The fraction of sp³-hybridized carbons (Fsp3) is 0.174. The van der Waals surface area contributed by atoms with Gasteiger partial charge in [0.2, 0.25) is 11.8 Å². The van der Waals surface area contributed by atoms with Gasteiger partial charge in [-0.3, -0.25) is 19.7 Å². The number of aromatic nitrogens is 2. The molecule has 6 rings (SSSR count). The number of rotatable bonds is 2. The summed E-state index contributed by atoms with van der Waals surface area (Å²) < 4.78 is 6.03. The van der Waals surface area contributed by atoms with Gasteiger partial charge in [0.05, 0.1) is 0 Å². The third kappa shape index (κ3) is 2.64. The van der Waals surface area contributed by atoms with E-state index in [0.29, 0.717) is 29.8 Å². The number of furan rings is 1. The molecular formula is C23H16N4O4. The van der Waals surface area contributed by atoms with Gasteiger partial charge < -0.3 is 9.32 Å². The number of para-hydroxylation sites is 1. The molecule has 8 heteroatoms. The minimum atomic E-state index is -0.637. The molecule has 3 amide bonds. The SMILES string of the molecule is O=C1CCC(N2Cc3cc(-c4ncnc5c4oc4ccccc45)ccc3C2=O)C(=O)N1. The maximum Gasteiger partial charge on any atom is 0.255 e. The van der Waals surface area contributed by atoms with E-state index in [1.807, 2.05) is 36.4 Å². The first kappa shape index (κ1) is 17.8. The van der Waals surface area contributed by atoms with E-state index in [0.717, 1.165) is 27.6 Å². The summed E-state index contributed by atoms with van der Waals surface area (Å²) in [4.78, 5) is 47.0. The van der Waals surface area contributed by atoms with E-state index in [1.165, 1.54) is 11.2 Å². The molecule has 1 atom stereocenters. The van der Waals surface area contributed by atoms with Crippen molar-refractivity contribution >= 4 is 39.8 Å². The van der Waals surface area contributed by atoms with Crippen LogP contribution in [0.4, 0.5) is 0 Å². The summed E-state index contributed by atoms with van der Waals surface area (Å²) >= 11 is 0. The quantitative estimate of drug-likeness (QED) is 0.508. The molecule has 0 bridgehead atoms. The fourth-order valence-electron chi connectivity index (χ4n) is 4.45. The number of hydrogen-bond acceptors (Lipinski definition) is 6. The van der Waals surface area contributed by atoms with E-state index in [2.05, 4.69) is 15.3 Å². The normalized spacial score (nSPS) is 18.6. The van der Waals surface area contributed by atoms with Gasteiger partial charge in [-0.2, -0.15) is 0 Å². The van der Waals surface area contributed by atoms with Crippen molar-refractivity contribution in [3.8, 4) is 11.3 Å². The number of nitrogens with one attached hydrogen (secondary N) is 1. The Hall–Kier alpha value is -4.07. The van der Waals surface area contributed by atoms with Gasteiger partial charge in [0, 0.05) is 29.5 Å². The number of amides is 3. The maximum atomic E-state index is 12.9. The molecular weight excluding hydrogens is 396 g/mol. The van der Waals surface area contributed by atoms with E-state index in [1.54, 1.807) is 6.07 Å². The van der Waals surface area contributed by atoms with Crippen LogP contribution in [0.15, 0.2) is 53.2 Å². The van der Waals surface area contributed by atoms with Gasteiger partial charge in [-0.05, 0) is 36.2 Å². The lowest BCUT2D eigenvalue weighted by Crippen LogP contribution is -2.52. The van der Waals surface area contributed by atoms with Crippen LogP contribution in [-0.2, 0) is 16.1 Å².